The van der Waals surface area contributed by atoms with Gasteiger partial charge in [0, 0.05) is 10.8 Å². The zero-order valence-corrected chi connectivity index (χ0v) is 11.5. The van der Waals surface area contributed by atoms with E-state index in [-0.39, 0.29) is 22.5 Å². The molecule has 1 aromatic carbocycles. The molecule has 0 amide bonds. The third-order valence-corrected chi connectivity index (χ3v) is 3.98. The molecule has 1 aromatic rings. The maximum absolute atomic E-state index is 13.4. The number of hydrogen-bond acceptors (Lipinski definition) is 4. The highest BCUT2D eigenvalue weighted by Gasteiger charge is 2.14. The quantitative estimate of drug-likeness (QED) is 0.808. The summed E-state index contributed by atoms with van der Waals surface area (Å²) in [7, 11) is 1.38. The van der Waals surface area contributed by atoms with E-state index in [0.717, 1.165) is 0 Å². The molecule has 0 radical (unpaired) electrons. The van der Waals surface area contributed by atoms with Crippen LogP contribution in [-0.4, -0.2) is 35.1 Å². The zero-order valence-electron chi connectivity index (χ0n) is 10.6. The summed E-state index contributed by atoms with van der Waals surface area (Å²) in [5.74, 6) is -0.361. The number of Topliss-reactive ketones (excluding diaryl/α,β-unsaturated/α-hetero) is 1. The van der Waals surface area contributed by atoms with Gasteiger partial charge >= 0.3 is 0 Å². The number of benzene rings is 1. The Morgan fingerprint density at radius 3 is 2.67 bits per heavy atom. The summed E-state index contributed by atoms with van der Waals surface area (Å²) < 4.78 is 18.2. The van der Waals surface area contributed by atoms with E-state index in [1.807, 2.05) is 6.92 Å². The Morgan fingerprint density at radius 2 is 2.17 bits per heavy atom. The fraction of sp³-hybridized carbons (Fsp3) is 0.462. The van der Waals surface area contributed by atoms with E-state index >= 15 is 0 Å². The average Bonchev–Trinajstić information content (AvgIpc) is 2.35. The van der Waals surface area contributed by atoms with E-state index in [9.17, 15) is 14.3 Å². The lowest BCUT2D eigenvalue weighted by molar-refractivity contribution is 0.102. The number of ether oxygens (including phenoxy) is 1. The fourth-order valence-corrected chi connectivity index (χ4v) is 2.13. The van der Waals surface area contributed by atoms with Crippen molar-refractivity contribution in [2.24, 2.45) is 0 Å². The number of hydrogen-bond donors (Lipinski definition) is 1. The van der Waals surface area contributed by atoms with Gasteiger partial charge in [0.05, 0.1) is 19.0 Å². The molecular weight excluding hydrogens is 255 g/mol. The van der Waals surface area contributed by atoms with Crippen molar-refractivity contribution in [2.75, 3.05) is 12.9 Å². The van der Waals surface area contributed by atoms with Crippen LogP contribution in [0, 0.1) is 5.82 Å². The van der Waals surface area contributed by atoms with Crippen molar-refractivity contribution < 1.29 is 19.0 Å². The van der Waals surface area contributed by atoms with Gasteiger partial charge in [0.2, 0.25) is 0 Å². The van der Waals surface area contributed by atoms with Crippen LogP contribution in [0.25, 0.3) is 0 Å². The van der Waals surface area contributed by atoms with Gasteiger partial charge < -0.3 is 9.84 Å². The van der Waals surface area contributed by atoms with Crippen LogP contribution in [0.2, 0.25) is 0 Å². The second-order valence-corrected chi connectivity index (χ2v) is 5.39. The number of methoxy groups -OCH3 is 1. The first-order chi connectivity index (χ1) is 8.45. The van der Waals surface area contributed by atoms with Crippen LogP contribution in [0.15, 0.2) is 18.2 Å². The molecule has 1 N–H and O–H groups in total. The van der Waals surface area contributed by atoms with Gasteiger partial charge in [-0.25, -0.2) is 4.39 Å². The minimum atomic E-state index is -0.545. The number of carbonyl (C=O) groups excluding carboxylic acids is 1. The molecule has 18 heavy (non-hydrogen) atoms. The molecule has 0 aliphatic heterocycles. The van der Waals surface area contributed by atoms with Gasteiger partial charge in [-0.2, -0.15) is 0 Å². The summed E-state index contributed by atoms with van der Waals surface area (Å²) in [5, 5.41) is 9.28. The lowest BCUT2D eigenvalue weighted by Gasteiger charge is -2.13. The van der Waals surface area contributed by atoms with Crippen LogP contribution >= 0.6 is 11.8 Å². The van der Waals surface area contributed by atoms with Crippen molar-refractivity contribution in [3.8, 4) is 5.75 Å². The molecule has 3 nitrogen and oxygen atoms in total. The van der Waals surface area contributed by atoms with Crippen molar-refractivity contribution in [1.29, 1.82) is 0 Å². The molecule has 2 unspecified atom stereocenters. The third kappa shape index (κ3) is 3.99. The Labute approximate surface area is 110 Å². The van der Waals surface area contributed by atoms with Gasteiger partial charge in [0.25, 0.3) is 0 Å². The Hall–Kier alpha value is -1.07. The first-order valence-corrected chi connectivity index (χ1v) is 6.67. The van der Waals surface area contributed by atoms with Crippen molar-refractivity contribution in [3.63, 3.8) is 0 Å². The molecule has 0 heterocycles. The molecule has 0 aliphatic carbocycles. The smallest absolute Gasteiger partial charge is 0.172 e. The normalized spacial score (nSPS) is 14.1. The molecule has 0 bridgehead atoms. The highest BCUT2D eigenvalue weighted by molar-refractivity contribution is 8.00. The molecule has 100 valence electrons. The number of rotatable bonds is 6. The van der Waals surface area contributed by atoms with E-state index < -0.39 is 11.9 Å². The largest absolute Gasteiger partial charge is 0.494 e. The van der Waals surface area contributed by atoms with Crippen molar-refractivity contribution in [2.45, 2.75) is 25.2 Å². The average molecular weight is 272 g/mol. The molecule has 0 saturated heterocycles. The van der Waals surface area contributed by atoms with Gasteiger partial charge in [-0.15, -0.1) is 11.8 Å². The van der Waals surface area contributed by atoms with E-state index in [4.69, 9.17) is 4.74 Å². The van der Waals surface area contributed by atoms with Gasteiger partial charge in [-0.05, 0) is 25.1 Å². The van der Waals surface area contributed by atoms with E-state index in [2.05, 4.69) is 0 Å². The first-order valence-electron chi connectivity index (χ1n) is 5.62. The van der Waals surface area contributed by atoms with Crippen molar-refractivity contribution in [3.05, 3.63) is 29.6 Å². The van der Waals surface area contributed by atoms with Crippen LogP contribution in [0.5, 0.6) is 5.75 Å². The predicted molar refractivity (Wildman–Crippen MR) is 70.9 cm³/mol. The monoisotopic (exact) mass is 272 g/mol. The predicted octanol–water partition coefficient (Wildman–Crippen LogP) is 2.52. The molecule has 2 atom stereocenters. The Morgan fingerprint density at radius 1 is 1.50 bits per heavy atom. The standard InChI is InChI=1S/C13H17FO3S/c1-8(15)9(2)18-7-12(16)10-4-5-13(17-3)11(14)6-10/h4-6,8-9,15H,7H2,1-3H3. The molecule has 5 heteroatoms. The third-order valence-electron chi connectivity index (χ3n) is 2.63. The molecule has 0 saturated carbocycles. The van der Waals surface area contributed by atoms with E-state index in [1.54, 1.807) is 6.92 Å². The Bertz CT molecular complexity index is 421. The molecule has 0 spiro atoms. The topological polar surface area (TPSA) is 46.5 Å². The van der Waals surface area contributed by atoms with Crippen molar-refractivity contribution in [1.82, 2.24) is 0 Å². The lowest BCUT2D eigenvalue weighted by atomic mass is 10.1. The van der Waals surface area contributed by atoms with Crippen molar-refractivity contribution >= 4 is 17.5 Å². The number of ketones is 1. The minimum Gasteiger partial charge on any atom is -0.494 e. The van der Waals surface area contributed by atoms with Crippen LogP contribution < -0.4 is 4.74 Å². The van der Waals surface area contributed by atoms with Gasteiger partial charge in [0.15, 0.2) is 17.3 Å². The number of aliphatic hydroxyl groups is 1. The van der Waals surface area contributed by atoms with Gasteiger partial charge in [-0.3, -0.25) is 4.79 Å². The van der Waals surface area contributed by atoms with E-state index in [0.29, 0.717) is 5.56 Å². The van der Waals surface area contributed by atoms with Crippen LogP contribution in [0.1, 0.15) is 24.2 Å². The zero-order chi connectivity index (χ0) is 13.7. The second-order valence-electron chi connectivity index (χ2n) is 4.03. The highest BCUT2D eigenvalue weighted by atomic mass is 32.2. The summed E-state index contributed by atoms with van der Waals surface area (Å²) >= 11 is 1.35. The highest BCUT2D eigenvalue weighted by Crippen LogP contribution is 2.20. The number of carbonyl (C=O) groups is 1. The molecule has 1 rings (SSSR count). The van der Waals surface area contributed by atoms with Crippen LogP contribution in [-0.2, 0) is 0 Å². The lowest BCUT2D eigenvalue weighted by Crippen LogP contribution is -2.17. The Balaban J connectivity index is 2.65. The first kappa shape index (κ1) is 15.0. The fourth-order valence-electron chi connectivity index (χ4n) is 1.27. The maximum Gasteiger partial charge on any atom is 0.172 e. The Kier molecular flexibility index (Phi) is 5.62. The van der Waals surface area contributed by atoms with E-state index in [1.165, 1.54) is 37.1 Å². The number of aliphatic hydroxyl groups excluding tert-OH is 1. The molecular formula is C13H17FO3S. The summed E-state index contributed by atoms with van der Waals surface area (Å²) in [6.07, 6.45) is -0.476. The van der Waals surface area contributed by atoms with Crippen LogP contribution in [0.4, 0.5) is 4.39 Å². The minimum absolute atomic E-state index is 0.0305. The number of thioether (sulfide) groups is 1. The van der Waals surface area contributed by atoms with Gasteiger partial charge in [0.1, 0.15) is 0 Å². The van der Waals surface area contributed by atoms with Crippen LogP contribution in [0.3, 0.4) is 0 Å². The summed E-state index contributed by atoms with van der Waals surface area (Å²) in [6.45, 7) is 3.52. The summed E-state index contributed by atoms with van der Waals surface area (Å²) in [6, 6.07) is 4.15. The molecule has 0 aromatic heterocycles. The maximum atomic E-state index is 13.4. The van der Waals surface area contributed by atoms with Gasteiger partial charge in [-0.1, -0.05) is 6.92 Å². The summed E-state index contributed by atoms with van der Waals surface area (Å²) in [5.41, 5.74) is 0.318. The summed E-state index contributed by atoms with van der Waals surface area (Å²) in [4.78, 5) is 11.8. The SMILES string of the molecule is COc1ccc(C(=O)CSC(C)C(C)O)cc1F. The molecule has 0 aliphatic rings. The molecule has 0 fully saturated rings. The second kappa shape index (κ2) is 6.75. The number of halogens is 1.